The largest absolute Gasteiger partial charge is 0.379 e. The van der Waals surface area contributed by atoms with Crippen molar-refractivity contribution in [2.24, 2.45) is 0 Å². The van der Waals surface area contributed by atoms with E-state index in [1.165, 1.54) is 29.0 Å². The van der Waals surface area contributed by atoms with Crippen LogP contribution < -0.4 is 4.90 Å². The van der Waals surface area contributed by atoms with Crippen LogP contribution >= 0.6 is 11.3 Å². The highest BCUT2D eigenvalue weighted by atomic mass is 32.2. The second-order valence-electron chi connectivity index (χ2n) is 8.53. The number of hydrogen-bond donors (Lipinski definition) is 0. The van der Waals surface area contributed by atoms with Crippen molar-refractivity contribution in [1.82, 2.24) is 9.88 Å². The zero-order valence-electron chi connectivity index (χ0n) is 19.8. The third-order valence-corrected chi connectivity index (χ3v) is 8.87. The van der Waals surface area contributed by atoms with Gasteiger partial charge in [0.2, 0.25) is 5.91 Å². The Morgan fingerprint density at radius 2 is 1.91 bits per heavy atom. The molecule has 1 aliphatic heterocycles. The molecule has 0 aliphatic carbocycles. The van der Waals surface area contributed by atoms with Crippen molar-refractivity contribution in [1.29, 1.82) is 0 Å². The Kier molecular flexibility index (Phi) is 8.48. The predicted molar refractivity (Wildman–Crippen MR) is 136 cm³/mol. The highest BCUT2D eigenvalue weighted by Crippen LogP contribution is 2.30. The van der Waals surface area contributed by atoms with Gasteiger partial charge in [-0.3, -0.25) is 14.6 Å². The van der Waals surface area contributed by atoms with Gasteiger partial charge < -0.3 is 4.74 Å². The van der Waals surface area contributed by atoms with Crippen molar-refractivity contribution in [3.63, 3.8) is 0 Å². The number of halogens is 1. The Morgan fingerprint density at radius 1 is 1.17 bits per heavy atom. The standard InChI is InChI=1S/C25H30FN3O4S2/c1-2-19-4-9-22-23(18-19)34-25(27-22)29(12-3-11-28-13-15-33-16-14-28)24(30)10-17-35(31,32)21-7-5-20(26)6-8-21/h4-9,18H,2-3,10-17H2,1H3. The summed E-state index contributed by atoms with van der Waals surface area (Å²) < 4.78 is 45.0. The molecule has 1 amide bonds. The molecule has 4 rings (SSSR count). The predicted octanol–water partition coefficient (Wildman–Crippen LogP) is 3.92. The number of hydrogen-bond acceptors (Lipinski definition) is 7. The summed E-state index contributed by atoms with van der Waals surface area (Å²) in [4.78, 5) is 21.9. The van der Waals surface area contributed by atoms with Crippen LogP contribution in [0.5, 0.6) is 0 Å². The molecule has 2 heterocycles. The average Bonchev–Trinajstić information content (AvgIpc) is 3.29. The van der Waals surface area contributed by atoms with Gasteiger partial charge in [-0.05, 0) is 54.8 Å². The van der Waals surface area contributed by atoms with Gasteiger partial charge in [0.05, 0.1) is 34.1 Å². The summed E-state index contributed by atoms with van der Waals surface area (Å²) in [5, 5.41) is 0.583. The lowest BCUT2D eigenvalue weighted by Crippen LogP contribution is -2.39. The number of morpholine rings is 1. The molecule has 0 saturated carbocycles. The van der Waals surface area contributed by atoms with Crippen LogP contribution in [0.3, 0.4) is 0 Å². The number of rotatable bonds is 10. The van der Waals surface area contributed by atoms with Crippen LogP contribution in [0, 0.1) is 5.82 Å². The number of aromatic nitrogens is 1. The zero-order valence-corrected chi connectivity index (χ0v) is 21.4. The monoisotopic (exact) mass is 519 g/mol. The molecular weight excluding hydrogens is 489 g/mol. The summed E-state index contributed by atoms with van der Waals surface area (Å²) in [6, 6.07) is 10.8. The van der Waals surface area contributed by atoms with E-state index in [0.29, 0.717) is 24.9 Å². The van der Waals surface area contributed by atoms with E-state index in [1.807, 2.05) is 12.1 Å². The van der Waals surface area contributed by atoms with Gasteiger partial charge in [0.25, 0.3) is 0 Å². The third-order valence-electron chi connectivity index (χ3n) is 6.10. The Morgan fingerprint density at radius 3 is 2.63 bits per heavy atom. The molecule has 7 nitrogen and oxygen atoms in total. The second kappa shape index (κ2) is 11.6. The van der Waals surface area contributed by atoms with E-state index in [9.17, 15) is 17.6 Å². The third kappa shape index (κ3) is 6.63. The van der Waals surface area contributed by atoms with Crippen LogP contribution in [0.15, 0.2) is 47.4 Å². The quantitative estimate of drug-likeness (QED) is 0.378. The fraction of sp³-hybridized carbons (Fsp3) is 0.440. The molecule has 0 N–H and O–H groups in total. The lowest BCUT2D eigenvalue weighted by atomic mass is 10.2. The van der Waals surface area contributed by atoms with E-state index in [4.69, 9.17) is 4.74 Å². The lowest BCUT2D eigenvalue weighted by molar-refractivity contribution is -0.118. The van der Waals surface area contributed by atoms with Crippen molar-refractivity contribution in [2.75, 3.05) is 50.0 Å². The van der Waals surface area contributed by atoms with Crippen LogP contribution in [0.2, 0.25) is 0 Å². The van der Waals surface area contributed by atoms with E-state index < -0.39 is 15.7 Å². The SMILES string of the molecule is CCc1ccc2nc(N(CCCN3CCOCC3)C(=O)CCS(=O)(=O)c3ccc(F)cc3)sc2c1. The Balaban J connectivity index is 1.49. The van der Waals surface area contributed by atoms with Crippen LogP contribution in [-0.2, 0) is 25.8 Å². The number of thiazole rings is 1. The molecule has 1 aliphatic rings. The van der Waals surface area contributed by atoms with Crippen molar-refractivity contribution >= 4 is 42.4 Å². The van der Waals surface area contributed by atoms with Gasteiger partial charge in [-0.25, -0.2) is 17.8 Å². The average molecular weight is 520 g/mol. The minimum Gasteiger partial charge on any atom is -0.379 e. The van der Waals surface area contributed by atoms with E-state index >= 15 is 0 Å². The number of ether oxygens (including phenoxy) is 1. The maximum Gasteiger partial charge on any atom is 0.229 e. The lowest BCUT2D eigenvalue weighted by Gasteiger charge is -2.27. The first-order valence-electron chi connectivity index (χ1n) is 11.8. The van der Waals surface area contributed by atoms with Crippen molar-refractivity contribution in [2.45, 2.75) is 31.1 Å². The highest BCUT2D eigenvalue weighted by Gasteiger charge is 2.24. The molecule has 10 heteroatoms. The van der Waals surface area contributed by atoms with E-state index in [-0.39, 0.29) is 23.0 Å². The fourth-order valence-electron chi connectivity index (χ4n) is 4.01. The molecule has 2 aromatic carbocycles. The van der Waals surface area contributed by atoms with Crippen molar-refractivity contribution in [3.05, 3.63) is 53.8 Å². The van der Waals surface area contributed by atoms with Gasteiger partial charge in [0.1, 0.15) is 5.82 Å². The Bertz CT molecular complexity index is 1260. The summed E-state index contributed by atoms with van der Waals surface area (Å²) in [7, 11) is -3.71. The molecular formula is C25H30FN3O4S2. The summed E-state index contributed by atoms with van der Waals surface area (Å²) in [5.74, 6) is -1.14. The molecule has 0 unspecified atom stereocenters. The van der Waals surface area contributed by atoms with E-state index in [0.717, 1.165) is 54.8 Å². The van der Waals surface area contributed by atoms with Crippen LogP contribution in [0.1, 0.15) is 25.3 Å². The Hall–Kier alpha value is -2.40. The van der Waals surface area contributed by atoms with Crippen molar-refractivity contribution in [3.8, 4) is 0 Å². The first-order valence-corrected chi connectivity index (χ1v) is 14.3. The highest BCUT2D eigenvalue weighted by molar-refractivity contribution is 7.91. The zero-order chi connectivity index (χ0) is 24.8. The van der Waals surface area contributed by atoms with Crippen LogP contribution in [-0.4, -0.2) is 69.4 Å². The number of sulfone groups is 1. The Labute approximate surface area is 209 Å². The normalized spacial score (nSPS) is 14.9. The number of anilines is 1. The maximum absolute atomic E-state index is 13.3. The smallest absolute Gasteiger partial charge is 0.229 e. The number of amides is 1. The topological polar surface area (TPSA) is 79.8 Å². The van der Waals surface area contributed by atoms with Crippen LogP contribution in [0.25, 0.3) is 10.2 Å². The molecule has 0 atom stereocenters. The first-order chi connectivity index (χ1) is 16.9. The van der Waals surface area contributed by atoms with Gasteiger partial charge >= 0.3 is 0 Å². The molecule has 0 spiro atoms. The number of benzene rings is 2. The summed E-state index contributed by atoms with van der Waals surface area (Å²) >= 11 is 1.45. The van der Waals surface area contributed by atoms with Crippen LogP contribution in [0.4, 0.5) is 9.52 Å². The minimum atomic E-state index is -3.71. The fourth-order valence-corrected chi connectivity index (χ4v) is 6.32. The maximum atomic E-state index is 13.3. The molecule has 1 saturated heterocycles. The second-order valence-corrected chi connectivity index (χ2v) is 11.6. The summed E-state index contributed by atoms with van der Waals surface area (Å²) in [6.07, 6.45) is 1.48. The molecule has 0 radical (unpaired) electrons. The first kappa shape index (κ1) is 25.7. The van der Waals surface area contributed by atoms with Crippen molar-refractivity contribution < 1.29 is 22.3 Å². The van der Waals surface area contributed by atoms with E-state index in [2.05, 4.69) is 22.9 Å². The summed E-state index contributed by atoms with van der Waals surface area (Å²) in [6.45, 7) is 6.52. The van der Waals surface area contributed by atoms with Gasteiger partial charge in [-0.15, -0.1) is 0 Å². The number of carbonyl (C=O) groups is 1. The molecule has 0 bridgehead atoms. The van der Waals surface area contributed by atoms with E-state index in [1.54, 1.807) is 4.90 Å². The van der Waals surface area contributed by atoms with Gasteiger partial charge in [-0.1, -0.05) is 24.3 Å². The number of nitrogens with zero attached hydrogens (tertiary/aromatic N) is 3. The number of fused-ring (bicyclic) bond motifs is 1. The van der Waals surface area contributed by atoms with Gasteiger partial charge in [0.15, 0.2) is 15.0 Å². The van der Waals surface area contributed by atoms with Gasteiger partial charge in [-0.2, -0.15) is 0 Å². The number of carbonyl (C=O) groups excluding carboxylic acids is 1. The molecule has 1 fully saturated rings. The molecule has 35 heavy (non-hydrogen) atoms. The molecule has 1 aromatic heterocycles. The molecule has 188 valence electrons. The summed E-state index contributed by atoms with van der Waals surface area (Å²) in [5.41, 5.74) is 2.02. The van der Waals surface area contributed by atoms with Gasteiger partial charge in [0, 0.05) is 32.6 Å². The molecule has 3 aromatic rings. The number of aryl methyl sites for hydroxylation is 1. The minimum absolute atomic E-state index is 0.0117.